The van der Waals surface area contributed by atoms with Gasteiger partial charge >= 0.3 is 5.97 Å². The number of esters is 1. The van der Waals surface area contributed by atoms with E-state index in [9.17, 15) is 9.59 Å². The highest BCUT2D eigenvalue weighted by Gasteiger charge is 2.16. The van der Waals surface area contributed by atoms with Crippen molar-refractivity contribution < 1.29 is 14.3 Å². The third-order valence-corrected chi connectivity index (χ3v) is 3.08. The van der Waals surface area contributed by atoms with E-state index in [1.807, 2.05) is 0 Å². The van der Waals surface area contributed by atoms with E-state index in [-0.39, 0.29) is 24.3 Å². The van der Waals surface area contributed by atoms with Crippen LogP contribution in [0, 0.1) is 0 Å². The lowest BCUT2D eigenvalue weighted by molar-refractivity contribution is -0.139. The molecule has 0 aliphatic heterocycles. The monoisotopic (exact) mass is 271 g/mol. The Balaban J connectivity index is 2.58. The number of nitrogens with zero attached hydrogens (tertiary/aromatic N) is 2. The predicted molar refractivity (Wildman–Crippen MR) is 69.6 cm³/mol. The summed E-state index contributed by atoms with van der Waals surface area (Å²) in [4.78, 5) is 28.4. The summed E-state index contributed by atoms with van der Waals surface area (Å²) in [5.74, 6) is -0.357. The van der Waals surface area contributed by atoms with Gasteiger partial charge in [-0.1, -0.05) is 0 Å². The maximum Gasteiger partial charge on any atom is 0.311 e. The number of amides is 1. The fourth-order valence-electron chi connectivity index (χ4n) is 1.31. The van der Waals surface area contributed by atoms with Crippen molar-refractivity contribution in [3.05, 3.63) is 11.1 Å². The van der Waals surface area contributed by atoms with Crippen LogP contribution in [0.25, 0.3) is 0 Å². The summed E-state index contributed by atoms with van der Waals surface area (Å²) < 4.78 is 4.56. The largest absolute Gasteiger partial charge is 0.469 e. The molecule has 1 atom stereocenters. The van der Waals surface area contributed by atoms with E-state index >= 15 is 0 Å². The number of methoxy groups -OCH3 is 1. The molecule has 0 bridgehead atoms. The highest BCUT2D eigenvalue weighted by molar-refractivity contribution is 7.13. The Kier molecular flexibility index (Phi) is 5.08. The van der Waals surface area contributed by atoms with Crippen LogP contribution < -0.4 is 5.32 Å². The van der Waals surface area contributed by atoms with Crippen LogP contribution >= 0.6 is 11.3 Å². The van der Waals surface area contributed by atoms with Crippen LogP contribution in [0.1, 0.15) is 12.6 Å². The number of nitrogens with one attached hydrogen (secondary N) is 1. The molecule has 0 aromatic carbocycles. The van der Waals surface area contributed by atoms with Crippen LogP contribution in [0.2, 0.25) is 0 Å². The van der Waals surface area contributed by atoms with E-state index in [0.717, 1.165) is 0 Å². The van der Waals surface area contributed by atoms with Gasteiger partial charge in [-0.3, -0.25) is 9.59 Å². The Morgan fingerprint density at radius 1 is 1.56 bits per heavy atom. The second-order valence-electron chi connectivity index (χ2n) is 4.00. The summed E-state index contributed by atoms with van der Waals surface area (Å²) in [6, 6.07) is -0.350. The van der Waals surface area contributed by atoms with E-state index in [1.54, 1.807) is 26.4 Å². The first-order chi connectivity index (χ1) is 8.43. The Morgan fingerprint density at radius 3 is 2.78 bits per heavy atom. The average molecular weight is 271 g/mol. The van der Waals surface area contributed by atoms with Crippen molar-refractivity contribution in [2.75, 3.05) is 26.5 Å². The van der Waals surface area contributed by atoms with Gasteiger partial charge in [0, 0.05) is 19.5 Å². The van der Waals surface area contributed by atoms with Gasteiger partial charge in [0.15, 0.2) is 5.13 Å². The lowest BCUT2D eigenvalue weighted by atomic mass is 10.3. The molecule has 6 nitrogen and oxygen atoms in total. The van der Waals surface area contributed by atoms with Crippen molar-refractivity contribution in [3.8, 4) is 0 Å². The molecular weight excluding hydrogens is 254 g/mol. The zero-order chi connectivity index (χ0) is 13.7. The van der Waals surface area contributed by atoms with Crippen LogP contribution in [0.3, 0.4) is 0 Å². The first kappa shape index (κ1) is 14.4. The topological polar surface area (TPSA) is 71.5 Å². The Labute approximate surface area is 110 Å². The number of carbonyl (C=O) groups excluding carboxylic acids is 2. The van der Waals surface area contributed by atoms with Crippen molar-refractivity contribution in [1.29, 1.82) is 0 Å². The summed E-state index contributed by atoms with van der Waals surface area (Å²) in [6.45, 7) is 1.77. The molecule has 18 heavy (non-hydrogen) atoms. The second-order valence-corrected chi connectivity index (χ2v) is 4.85. The molecule has 1 amide bonds. The highest BCUT2D eigenvalue weighted by Crippen LogP contribution is 2.17. The number of carbonyl (C=O) groups is 2. The lowest BCUT2D eigenvalue weighted by Crippen LogP contribution is -2.36. The minimum atomic E-state index is -0.350. The standard InChI is InChI=1S/C11H17N3O3S/c1-7(10(16)14(2)3)12-11-13-8(6-18-11)5-9(15)17-4/h6-7H,5H2,1-4H3,(H,12,13). The molecule has 1 heterocycles. The number of hydrogen-bond acceptors (Lipinski definition) is 6. The summed E-state index contributed by atoms with van der Waals surface area (Å²) in [7, 11) is 4.74. The van der Waals surface area contributed by atoms with Crippen molar-refractivity contribution in [2.24, 2.45) is 0 Å². The van der Waals surface area contributed by atoms with Gasteiger partial charge < -0.3 is 15.0 Å². The number of likely N-dealkylation sites (N-methyl/N-ethyl adjacent to an activating group) is 1. The summed E-state index contributed by atoms with van der Waals surface area (Å²) in [6.07, 6.45) is 0.144. The minimum Gasteiger partial charge on any atom is -0.469 e. The number of rotatable bonds is 5. The highest BCUT2D eigenvalue weighted by atomic mass is 32.1. The number of ether oxygens (including phenoxy) is 1. The third-order valence-electron chi connectivity index (χ3n) is 2.26. The molecule has 1 unspecified atom stereocenters. The molecule has 1 rings (SSSR count). The average Bonchev–Trinajstić information content (AvgIpc) is 2.74. The molecule has 1 aromatic heterocycles. The quantitative estimate of drug-likeness (QED) is 0.800. The summed E-state index contributed by atoms with van der Waals surface area (Å²) in [5.41, 5.74) is 0.638. The van der Waals surface area contributed by atoms with Crippen LogP contribution in [-0.4, -0.2) is 49.0 Å². The van der Waals surface area contributed by atoms with Gasteiger partial charge in [-0.25, -0.2) is 4.98 Å². The number of anilines is 1. The molecule has 100 valence electrons. The Morgan fingerprint density at radius 2 is 2.22 bits per heavy atom. The Bertz CT molecular complexity index is 431. The van der Waals surface area contributed by atoms with E-state index in [1.165, 1.54) is 23.3 Å². The molecule has 0 aliphatic carbocycles. The van der Waals surface area contributed by atoms with E-state index in [0.29, 0.717) is 10.8 Å². The number of hydrogen-bond donors (Lipinski definition) is 1. The van der Waals surface area contributed by atoms with Gasteiger partial charge in [0.2, 0.25) is 5.91 Å². The van der Waals surface area contributed by atoms with Crippen molar-refractivity contribution in [2.45, 2.75) is 19.4 Å². The van der Waals surface area contributed by atoms with Crippen LogP contribution in [-0.2, 0) is 20.7 Å². The van der Waals surface area contributed by atoms with Crippen LogP contribution in [0.5, 0.6) is 0 Å². The molecule has 0 aliphatic rings. The van der Waals surface area contributed by atoms with E-state index in [4.69, 9.17) is 0 Å². The summed E-state index contributed by atoms with van der Waals surface area (Å²) in [5, 5.41) is 5.39. The first-order valence-electron chi connectivity index (χ1n) is 5.43. The smallest absolute Gasteiger partial charge is 0.311 e. The first-order valence-corrected chi connectivity index (χ1v) is 6.31. The van der Waals surface area contributed by atoms with Gasteiger partial charge in [-0.2, -0.15) is 0 Å². The zero-order valence-corrected chi connectivity index (χ0v) is 11.7. The fraction of sp³-hybridized carbons (Fsp3) is 0.545. The maximum atomic E-state index is 11.6. The molecule has 0 spiro atoms. The van der Waals surface area contributed by atoms with Gasteiger partial charge in [0.1, 0.15) is 6.04 Å². The molecular formula is C11H17N3O3S. The number of thiazole rings is 1. The minimum absolute atomic E-state index is 0.0280. The molecule has 1 aromatic rings. The molecule has 0 saturated carbocycles. The Hall–Kier alpha value is -1.63. The molecule has 7 heteroatoms. The molecule has 0 fully saturated rings. The summed E-state index contributed by atoms with van der Waals surface area (Å²) >= 11 is 1.36. The fourth-order valence-corrected chi connectivity index (χ4v) is 2.11. The van der Waals surface area contributed by atoms with Gasteiger partial charge in [-0.15, -0.1) is 11.3 Å². The predicted octanol–water partition coefficient (Wildman–Crippen LogP) is 0.747. The van der Waals surface area contributed by atoms with Crippen molar-refractivity contribution in [1.82, 2.24) is 9.88 Å². The van der Waals surface area contributed by atoms with Crippen molar-refractivity contribution >= 4 is 28.3 Å². The lowest BCUT2D eigenvalue weighted by Gasteiger charge is -2.17. The molecule has 1 N–H and O–H groups in total. The van der Waals surface area contributed by atoms with E-state index in [2.05, 4.69) is 15.0 Å². The number of aromatic nitrogens is 1. The molecule has 0 radical (unpaired) electrons. The van der Waals surface area contributed by atoms with Crippen LogP contribution in [0.4, 0.5) is 5.13 Å². The van der Waals surface area contributed by atoms with Gasteiger partial charge in [0.05, 0.1) is 19.2 Å². The SMILES string of the molecule is COC(=O)Cc1csc(NC(C)C(=O)N(C)C)n1. The van der Waals surface area contributed by atoms with Crippen LogP contribution in [0.15, 0.2) is 5.38 Å². The second kappa shape index (κ2) is 6.34. The molecule has 0 saturated heterocycles. The van der Waals surface area contributed by atoms with E-state index < -0.39 is 0 Å². The van der Waals surface area contributed by atoms with Gasteiger partial charge in [0.25, 0.3) is 0 Å². The third kappa shape index (κ3) is 3.99. The van der Waals surface area contributed by atoms with Crippen molar-refractivity contribution in [3.63, 3.8) is 0 Å². The normalized spacial score (nSPS) is 11.8. The maximum absolute atomic E-state index is 11.6. The zero-order valence-electron chi connectivity index (χ0n) is 10.9. The van der Waals surface area contributed by atoms with Gasteiger partial charge in [-0.05, 0) is 6.92 Å².